The number of hydrogen-bond acceptors (Lipinski definition) is 4. The Balaban J connectivity index is 1.68. The molecule has 0 unspecified atom stereocenters. The average Bonchev–Trinajstić information content (AvgIpc) is 3.06. The minimum Gasteiger partial charge on any atom is -0.352 e. The summed E-state index contributed by atoms with van der Waals surface area (Å²) in [6, 6.07) is 10.4. The summed E-state index contributed by atoms with van der Waals surface area (Å²) in [4.78, 5) is 12.6. The monoisotopic (exact) mass is 372 g/mol. The second-order valence-electron chi connectivity index (χ2n) is 7.05. The standard InChI is InChI=1S/C20H28N4OS/c1-4-24-18(16-11-6-5-7-12-16)22-23-20(24)26-15(3)19(25)21-17-13-9-8-10-14(17)2/h5-7,11-12,14-15,17H,4,8-10,13H2,1-3H3,(H,21,25)/t14-,15+,17-/m0/s1. The maximum Gasteiger partial charge on any atom is 0.233 e. The van der Waals surface area contributed by atoms with Crippen LogP contribution in [0, 0.1) is 5.92 Å². The van der Waals surface area contributed by atoms with E-state index < -0.39 is 0 Å². The number of carbonyl (C=O) groups excluding carboxylic acids is 1. The van der Waals surface area contributed by atoms with E-state index in [9.17, 15) is 4.79 Å². The van der Waals surface area contributed by atoms with Crippen molar-refractivity contribution in [3.8, 4) is 11.4 Å². The van der Waals surface area contributed by atoms with Crippen molar-refractivity contribution in [2.24, 2.45) is 5.92 Å². The number of nitrogens with one attached hydrogen (secondary N) is 1. The number of amides is 1. The molecule has 1 aliphatic rings. The number of hydrogen-bond donors (Lipinski definition) is 1. The highest BCUT2D eigenvalue weighted by Gasteiger charge is 2.26. The Kier molecular flexibility index (Phi) is 6.35. The fraction of sp³-hybridized carbons (Fsp3) is 0.550. The van der Waals surface area contributed by atoms with Gasteiger partial charge in [-0.3, -0.25) is 4.79 Å². The fourth-order valence-corrected chi connectivity index (χ4v) is 4.43. The molecule has 3 atom stereocenters. The van der Waals surface area contributed by atoms with Crippen LogP contribution in [-0.4, -0.2) is 32.0 Å². The van der Waals surface area contributed by atoms with Crippen LogP contribution in [0.2, 0.25) is 0 Å². The first-order chi connectivity index (χ1) is 12.6. The lowest BCUT2D eigenvalue weighted by atomic mass is 9.86. The molecule has 5 nitrogen and oxygen atoms in total. The van der Waals surface area contributed by atoms with E-state index in [-0.39, 0.29) is 11.2 Å². The zero-order valence-corrected chi connectivity index (χ0v) is 16.6. The molecule has 6 heteroatoms. The van der Waals surface area contributed by atoms with E-state index >= 15 is 0 Å². The predicted molar refractivity (Wildman–Crippen MR) is 106 cm³/mol. The smallest absolute Gasteiger partial charge is 0.233 e. The maximum absolute atomic E-state index is 12.6. The number of carbonyl (C=O) groups is 1. The lowest BCUT2D eigenvalue weighted by molar-refractivity contribution is -0.121. The van der Waals surface area contributed by atoms with Crippen molar-refractivity contribution in [1.82, 2.24) is 20.1 Å². The van der Waals surface area contributed by atoms with E-state index in [0.29, 0.717) is 12.0 Å². The van der Waals surface area contributed by atoms with Crippen molar-refractivity contribution < 1.29 is 4.79 Å². The van der Waals surface area contributed by atoms with Crippen LogP contribution in [0.4, 0.5) is 0 Å². The van der Waals surface area contributed by atoms with Gasteiger partial charge in [0.25, 0.3) is 0 Å². The van der Waals surface area contributed by atoms with Crippen LogP contribution in [-0.2, 0) is 11.3 Å². The Hall–Kier alpha value is -1.82. The first-order valence-corrected chi connectivity index (χ1v) is 10.4. The topological polar surface area (TPSA) is 59.8 Å². The van der Waals surface area contributed by atoms with Crippen molar-refractivity contribution in [3.05, 3.63) is 30.3 Å². The summed E-state index contributed by atoms with van der Waals surface area (Å²) in [5.41, 5.74) is 1.04. The van der Waals surface area contributed by atoms with Crippen LogP contribution >= 0.6 is 11.8 Å². The molecular weight excluding hydrogens is 344 g/mol. The second-order valence-corrected chi connectivity index (χ2v) is 8.36. The van der Waals surface area contributed by atoms with Gasteiger partial charge in [-0.1, -0.05) is 61.9 Å². The summed E-state index contributed by atoms with van der Waals surface area (Å²) in [6.45, 7) is 7.04. The van der Waals surface area contributed by atoms with Crippen LogP contribution < -0.4 is 5.32 Å². The lowest BCUT2D eigenvalue weighted by Crippen LogP contribution is -2.44. The lowest BCUT2D eigenvalue weighted by Gasteiger charge is -2.30. The summed E-state index contributed by atoms with van der Waals surface area (Å²) >= 11 is 1.49. The van der Waals surface area contributed by atoms with Crippen LogP contribution in [0.25, 0.3) is 11.4 Å². The van der Waals surface area contributed by atoms with Gasteiger partial charge in [0.05, 0.1) is 5.25 Å². The van der Waals surface area contributed by atoms with Gasteiger partial charge >= 0.3 is 0 Å². The molecule has 1 saturated carbocycles. The van der Waals surface area contributed by atoms with E-state index in [4.69, 9.17) is 0 Å². The molecule has 0 radical (unpaired) electrons. The van der Waals surface area contributed by atoms with Crippen LogP contribution in [0.15, 0.2) is 35.5 Å². The largest absolute Gasteiger partial charge is 0.352 e. The van der Waals surface area contributed by atoms with Crippen molar-refractivity contribution >= 4 is 17.7 Å². The van der Waals surface area contributed by atoms with Gasteiger partial charge in [0.15, 0.2) is 11.0 Å². The number of aromatic nitrogens is 3. The van der Waals surface area contributed by atoms with Gasteiger partial charge in [0, 0.05) is 18.2 Å². The minimum absolute atomic E-state index is 0.0978. The third-order valence-corrected chi connectivity index (χ3v) is 6.24. The maximum atomic E-state index is 12.6. The molecule has 1 fully saturated rings. The average molecular weight is 373 g/mol. The number of nitrogens with zero attached hydrogens (tertiary/aromatic N) is 3. The van der Waals surface area contributed by atoms with Crippen LogP contribution in [0.1, 0.15) is 46.5 Å². The first kappa shape index (κ1) is 19.0. The van der Waals surface area contributed by atoms with Gasteiger partial charge in [0.2, 0.25) is 5.91 Å². The van der Waals surface area contributed by atoms with E-state index in [1.54, 1.807) is 0 Å². The van der Waals surface area contributed by atoms with Crippen LogP contribution in [0.5, 0.6) is 0 Å². The van der Waals surface area contributed by atoms with E-state index in [0.717, 1.165) is 29.5 Å². The Morgan fingerprint density at radius 3 is 2.69 bits per heavy atom. The number of benzene rings is 1. The zero-order valence-electron chi connectivity index (χ0n) is 15.8. The van der Waals surface area contributed by atoms with Gasteiger partial charge in [-0.2, -0.15) is 0 Å². The molecule has 2 aromatic rings. The molecular formula is C20H28N4OS. The van der Waals surface area contributed by atoms with Gasteiger partial charge in [-0.15, -0.1) is 10.2 Å². The van der Waals surface area contributed by atoms with E-state index in [2.05, 4.69) is 33.9 Å². The molecule has 1 amide bonds. The Labute approximate surface area is 160 Å². The second kappa shape index (κ2) is 8.71. The highest BCUT2D eigenvalue weighted by Crippen LogP contribution is 2.28. The van der Waals surface area contributed by atoms with Gasteiger partial charge in [0.1, 0.15) is 0 Å². The summed E-state index contributed by atoms with van der Waals surface area (Å²) in [5, 5.41) is 12.6. The Morgan fingerprint density at radius 1 is 1.27 bits per heavy atom. The first-order valence-electron chi connectivity index (χ1n) is 9.55. The van der Waals surface area contributed by atoms with Crippen molar-refractivity contribution in [2.75, 3.05) is 0 Å². The van der Waals surface area contributed by atoms with Gasteiger partial charge in [-0.05, 0) is 32.6 Å². The predicted octanol–water partition coefficient (Wildman–Crippen LogP) is 4.14. The summed E-state index contributed by atoms with van der Waals surface area (Å²) in [5.74, 6) is 1.51. The normalized spacial score (nSPS) is 21.3. The van der Waals surface area contributed by atoms with E-state index in [1.807, 2.05) is 37.3 Å². The van der Waals surface area contributed by atoms with Crippen molar-refractivity contribution in [1.29, 1.82) is 0 Å². The van der Waals surface area contributed by atoms with E-state index in [1.165, 1.54) is 31.0 Å². The number of thioether (sulfide) groups is 1. The SMILES string of the molecule is CCn1c(S[C@H](C)C(=O)N[C@H]2CCCC[C@@H]2C)nnc1-c1ccccc1. The summed E-state index contributed by atoms with van der Waals surface area (Å²) in [6.07, 6.45) is 4.78. The van der Waals surface area contributed by atoms with Crippen molar-refractivity contribution in [2.45, 2.75) is 69.4 Å². The molecule has 140 valence electrons. The molecule has 1 aromatic carbocycles. The quantitative estimate of drug-likeness (QED) is 0.774. The molecule has 1 N–H and O–H groups in total. The third-order valence-electron chi connectivity index (χ3n) is 5.16. The van der Waals surface area contributed by atoms with Crippen LogP contribution in [0.3, 0.4) is 0 Å². The Morgan fingerprint density at radius 2 is 2.00 bits per heavy atom. The minimum atomic E-state index is -0.192. The Bertz CT molecular complexity index is 731. The molecule has 0 saturated heterocycles. The zero-order chi connectivity index (χ0) is 18.5. The number of rotatable bonds is 6. The molecule has 0 aliphatic heterocycles. The summed E-state index contributed by atoms with van der Waals surface area (Å²) < 4.78 is 2.08. The molecule has 1 heterocycles. The molecule has 1 aliphatic carbocycles. The molecule has 26 heavy (non-hydrogen) atoms. The highest BCUT2D eigenvalue weighted by molar-refractivity contribution is 8.00. The van der Waals surface area contributed by atoms with Gasteiger partial charge in [-0.25, -0.2) is 0 Å². The molecule has 0 bridgehead atoms. The highest BCUT2D eigenvalue weighted by atomic mass is 32.2. The van der Waals surface area contributed by atoms with Crippen molar-refractivity contribution in [3.63, 3.8) is 0 Å². The fourth-order valence-electron chi connectivity index (χ4n) is 3.50. The third kappa shape index (κ3) is 4.29. The molecule has 1 aromatic heterocycles. The molecule has 0 spiro atoms. The van der Waals surface area contributed by atoms with Gasteiger partial charge < -0.3 is 9.88 Å². The molecule has 3 rings (SSSR count). The summed E-state index contributed by atoms with van der Waals surface area (Å²) in [7, 11) is 0.